The van der Waals surface area contributed by atoms with Crippen molar-refractivity contribution < 1.29 is 5.11 Å². The quantitative estimate of drug-likeness (QED) is 0.782. The number of nitrogens with two attached hydrogens (primary N) is 1. The molecule has 78 valence electrons. The van der Waals surface area contributed by atoms with Gasteiger partial charge in [-0.15, -0.1) is 0 Å². The van der Waals surface area contributed by atoms with Gasteiger partial charge in [-0.05, 0) is 29.3 Å². The van der Waals surface area contributed by atoms with Crippen LogP contribution >= 0.6 is 0 Å². The predicted octanol–water partition coefficient (Wildman–Crippen LogP) is 2.22. The number of rotatable bonds is 2. The van der Waals surface area contributed by atoms with Crippen molar-refractivity contribution in [1.82, 2.24) is 0 Å². The van der Waals surface area contributed by atoms with Crippen LogP contribution in [-0.2, 0) is 0 Å². The molecule has 0 aromatic heterocycles. The average Bonchev–Trinajstić information content (AvgIpc) is 2.27. The molecule has 0 fully saturated rings. The molecule has 2 nitrogen and oxygen atoms in total. The van der Waals surface area contributed by atoms with Crippen LogP contribution < -0.4 is 5.73 Å². The summed E-state index contributed by atoms with van der Waals surface area (Å²) in [7, 11) is 0. The van der Waals surface area contributed by atoms with Gasteiger partial charge < -0.3 is 10.8 Å². The molecular formula is C13H15NO. The summed E-state index contributed by atoms with van der Waals surface area (Å²) in [4.78, 5) is 0. The van der Waals surface area contributed by atoms with Crippen LogP contribution in [0.5, 0.6) is 0 Å². The summed E-state index contributed by atoms with van der Waals surface area (Å²) in [6.07, 6.45) is -0.588. The van der Waals surface area contributed by atoms with E-state index >= 15 is 0 Å². The van der Waals surface area contributed by atoms with Gasteiger partial charge in [-0.25, -0.2) is 0 Å². The topological polar surface area (TPSA) is 46.2 Å². The maximum atomic E-state index is 9.83. The van der Waals surface area contributed by atoms with Crippen molar-refractivity contribution in [2.75, 3.05) is 0 Å². The number of fused-ring (bicyclic) bond motifs is 1. The average molecular weight is 201 g/mol. The molecule has 0 heterocycles. The highest BCUT2D eigenvalue weighted by atomic mass is 16.3. The predicted molar refractivity (Wildman–Crippen MR) is 62.6 cm³/mol. The molecule has 2 unspecified atom stereocenters. The number of aliphatic hydroxyl groups excluding tert-OH is 1. The first-order chi connectivity index (χ1) is 7.18. The fraction of sp³-hybridized carbons (Fsp3) is 0.231. The smallest absolute Gasteiger partial charge is 0.0938 e. The molecule has 2 heteroatoms. The van der Waals surface area contributed by atoms with Crippen molar-refractivity contribution in [3.05, 3.63) is 48.0 Å². The third kappa shape index (κ3) is 2.01. The van der Waals surface area contributed by atoms with E-state index in [0.29, 0.717) is 0 Å². The van der Waals surface area contributed by atoms with Crippen LogP contribution in [0.15, 0.2) is 42.5 Å². The molecule has 2 aromatic carbocycles. The van der Waals surface area contributed by atoms with E-state index in [1.807, 2.05) is 36.4 Å². The zero-order valence-corrected chi connectivity index (χ0v) is 8.72. The Labute approximate surface area is 89.3 Å². The summed E-state index contributed by atoms with van der Waals surface area (Å²) in [5.41, 5.74) is 6.54. The zero-order valence-electron chi connectivity index (χ0n) is 8.72. The number of hydrogen-bond donors (Lipinski definition) is 2. The Morgan fingerprint density at radius 2 is 1.73 bits per heavy atom. The second-order valence-electron chi connectivity index (χ2n) is 3.91. The molecule has 0 aliphatic carbocycles. The summed E-state index contributed by atoms with van der Waals surface area (Å²) in [6, 6.07) is 13.8. The van der Waals surface area contributed by atoms with Crippen molar-refractivity contribution >= 4 is 10.8 Å². The summed E-state index contributed by atoms with van der Waals surface area (Å²) in [6.45, 7) is 1.81. The summed E-state index contributed by atoms with van der Waals surface area (Å²) in [5.74, 6) is 0. The molecule has 15 heavy (non-hydrogen) atoms. The van der Waals surface area contributed by atoms with Gasteiger partial charge in [0.1, 0.15) is 0 Å². The van der Waals surface area contributed by atoms with Gasteiger partial charge in [-0.3, -0.25) is 0 Å². The van der Waals surface area contributed by atoms with Crippen molar-refractivity contribution in [1.29, 1.82) is 0 Å². The molecule has 0 aliphatic heterocycles. The van der Waals surface area contributed by atoms with E-state index in [4.69, 9.17) is 5.73 Å². The highest BCUT2D eigenvalue weighted by Crippen LogP contribution is 2.21. The van der Waals surface area contributed by atoms with Crippen LogP contribution in [0.3, 0.4) is 0 Å². The van der Waals surface area contributed by atoms with Gasteiger partial charge in [0.25, 0.3) is 0 Å². The third-order valence-corrected chi connectivity index (χ3v) is 2.61. The Kier molecular flexibility index (Phi) is 2.71. The molecule has 0 radical (unpaired) electrons. The number of hydrogen-bond acceptors (Lipinski definition) is 2. The largest absolute Gasteiger partial charge is 0.387 e. The normalized spacial score (nSPS) is 15.1. The van der Waals surface area contributed by atoms with Gasteiger partial charge in [-0.1, -0.05) is 36.4 Å². The lowest BCUT2D eigenvalue weighted by atomic mass is 10.0. The zero-order chi connectivity index (χ0) is 10.8. The SMILES string of the molecule is CC(N)C(O)c1ccc2ccccc2c1. The molecule has 0 amide bonds. The Bertz CT molecular complexity index is 465. The first-order valence-corrected chi connectivity index (χ1v) is 5.11. The third-order valence-electron chi connectivity index (χ3n) is 2.61. The molecule has 2 rings (SSSR count). The molecule has 0 spiro atoms. The van der Waals surface area contributed by atoms with E-state index in [9.17, 15) is 5.11 Å². The van der Waals surface area contributed by atoms with E-state index in [1.54, 1.807) is 6.92 Å². The minimum Gasteiger partial charge on any atom is -0.387 e. The van der Waals surface area contributed by atoms with Crippen molar-refractivity contribution in [3.63, 3.8) is 0 Å². The van der Waals surface area contributed by atoms with Crippen LogP contribution in [0.2, 0.25) is 0 Å². The molecule has 0 saturated heterocycles. The highest BCUT2D eigenvalue weighted by molar-refractivity contribution is 5.83. The maximum Gasteiger partial charge on any atom is 0.0938 e. The lowest BCUT2D eigenvalue weighted by molar-refractivity contribution is 0.153. The second-order valence-corrected chi connectivity index (χ2v) is 3.91. The standard InChI is InChI=1S/C13H15NO/c1-9(14)13(15)12-7-6-10-4-2-3-5-11(10)8-12/h2-9,13,15H,14H2,1H3. The summed E-state index contributed by atoms with van der Waals surface area (Å²) in [5, 5.41) is 12.1. The van der Waals surface area contributed by atoms with E-state index in [-0.39, 0.29) is 6.04 Å². The fourth-order valence-corrected chi connectivity index (χ4v) is 1.70. The molecule has 2 aromatic rings. The fourth-order valence-electron chi connectivity index (χ4n) is 1.70. The lowest BCUT2D eigenvalue weighted by Crippen LogP contribution is -2.24. The van der Waals surface area contributed by atoms with Gasteiger partial charge in [0.15, 0.2) is 0 Å². The van der Waals surface area contributed by atoms with Crippen molar-refractivity contribution in [2.45, 2.75) is 19.1 Å². The van der Waals surface area contributed by atoms with Gasteiger partial charge in [0.2, 0.25) is 0 Å². The van der Waals surface area contributed by atoms with Crippen LogP contribution in [0.25, 0.3) is 10.8 Å². The van der Waals surface area contributed by atoms with Gasteiger partial charge >= 0.3 is 0 Å². The Hall–Kier alpha value is -1.38. The van der Waals surface area contributed by atoms with E-state index in [0.717, 1.165) is 10.9 Å². The van der Waals surface area contributed by atoms with Gasteiger partial charge in [0.05, 0.1) is 6.10 Å². The van der Waals surface area contributed by atoms with Crippen LogP contribution in [0.4, 0.5) is 0 Å². The van der Waals surface area contributed by atoms with E-state index < -0.39 is 6.10 Å². The molecule has 2 atom stereocenters. The Balaban J connectivity index is 2.47. The molecule has 0 aliphatic rings. The first kappa shape index (κ1) is 10.1. The van der Waals surface area contributed by atoms with Crippen LogP contribution in [0, 0.1) is 0 Å². The Morgan fingerprint density at radius 1 is 1.07 bits per heavy atom. The molecule has 0 bridgehead atoms. The highest BCUT2D eigenvalue weighted by Gasteiger charge is 2.12. The Morgan fingerprint density at radius 3 is 2.40 bits per heavy atom. The van der Waals surface area contributed by atoms with Crippen LogP contribution in [-0.4, -0.2) is 11.1 Å². The van der Waals surface area contributed by atoms with Gasteiger partial charge in [-0.2, -0.15) is 0 Å². The van der Waals surface area contributed by atoms with Gasteiger partial charge in [0, 0.05) is 6.04 Å². The first-order valence-electron chi connectivity index (χ1n) is 5.11. The van der Waals surface area contributed by atoms with Crippen molar-refractivity contribution in [3.8, 4) is 0 Å². The minimum absolute atomic E-state index is 0.244. The lowest BCUT2D eigenvalue weighted by Gasteiger charge is -2.15. The van der Waals surface area contributed by atoms with Crippen LogP contribution in [0.1, 0.15) is 18.6 Å². The minimum atomic E-state index is -0.588. The second kappa shape index (κ2) is 4.01. The monoisotopic (exact) mass is 201 g/mol. The summed E-state index contributed by atoms with van der Waals surface area (Å²) < 4.78 is 0. The maximum absolute atomic E-state index is 9.83. The molecular weight excluding hydrogens is 186 g/mol. The van der Waals surface area contributed by atoms with E-state index in [2.05, 4.69) is 6.07 Å². The number of benzene rings is 2. The molecule has 3 N–H and O–H groups in total. The van der Waals surface area contributed by atoms with E-state index in [1.165, 1.54) is 5.39 Å². The molecule has 0 saturated carbocycles. The summed E-state index contributed by atoms with van der Waals surface area (Å²) >= 11 is 0. The number of aliphatic hydroxyl groups is 1. The van der Waals surface area contributed by atoms with Crippen molar-refractivity contribution in [2.24, 2.45) is 5.73 Å².